The lowest BCUT2D eigenvalue weighted by atomic mass is 9.92. The van der Waals surface area contributed by atoms with Crippen molar-refractivity contribution in [3.63, 3.8) is 0 Å². The summed E-state index contributed by atoms with van der Waals surface area (Å²) in [5.74, 6) is 2.51. The molecule has 1 fully saturated rings. The molecule has 1 N–H and O–H groups in total. The number of hydrogen-bond acceptors (Lipinski definition) is 6. The fourth-order valence-corrected chi connectivity index (χ4v) is 5.50. The molecule has 3 aliphatic heterocycles. The van der Waals surface area contributed by atoms with Crippen LogP contribution in [0.1, 0.15) is 35.6 Å². The number of nitrogens with zero attached hydrogens (tertiary/aromatic N) is 2. The van der Waals surface area contributed by atoms with Gasteiger partial charge >= 0.3 is 0 Å². The molecule has 1 saturated heterocycles. The van der Waals surface area contributed by atoms with Crippen LogP contribution in [0.25, 0.3) is 5.70 Å². The summed E-state index contributed by atoms with van der Waals surface area (Å²) in [5.41, 5.74) is 7.95. The van der Waals surface area contributed by atoms with Crippen molar-refractivity contribution in [1.82, 2.24) is 15.3 Å². The van der Waals surface area contributed by atoms with Gasteiger partial charge in [-0.2, -0.15) is 5.01 Å². The van der Waals surface area contributed by atoms with E-state index in [0.717, 1.165) is 66.5 Å². The molecule has 6 nitrogen and oxygen atoms in total. The zero-order chi connectivity index (χ0) is 23.8. The van der Waals surface area contributed by atoms with Crippen LogP contribution in [0.4, 0.5) is 0 Å². The second-order valence-electron chi connectivity index (χ2n) is 9.42. The minimum atomic E-state index is -0.454. The summed E-state index contributed by atoms with van der Waals surface area (Å²) in [6.07, 6.45) is 4.09. The zero-order valence-corrected chi connectivity index (χ0v) is 20.2. The van der Waals surface area contributed by atoms with E-state index in [-0.39, 0.29) is 6.04 Å². The molecule has 3 heterocycles. The molecule has 35 heavy (non-hydrogen) atoms. The number of ether oxygens (including phenoxy) is 3. The fourth-order valence-electron chi connectivity index (χ4n) is 5.50. The van der Waals surface area contributed by atoms with Gasteiger partial charge < -0.3 is 19.6 Å². The van der Waals surface area contributed by atoms with E-state index in [4.69, 9.17) is 14.2 Å². The first-order valence-corrected chi connectivity index (χ1v) is 12.2. The Morgan fingerprint density at radius 3 is 2.40 bits per heavy atom. The first-order chi connectivity index (χ1) is 17.2. The van der Waals surface area contributed by atoms with Crippen LogP contribution in [-0.2, 0) is 6.54 Å². The van der Waals surface area contributed by atoms with Gasteiger partial charge in [-0.15, -0.1) is 0 Å². The largest absolute Gasteiger partial charge is 0.497 e. The predicted molar refractivity (Wildman–Crippen MR) is 136 cm³/mol. The number of likely N-dealkylation sites (tertiary alicyclic amines) is 1. The summed E-state index contributed by atoms with van der Waals surface area (Å²) in [6, 6.07) is 25.1. The predicted octanol–water partition coefficient (Wildman–Crippen LogP) is 4.99. The first-order valence-electron chi connectivity index (χ1n) is 12.2. The number of hydrogen-bond donors (Lipinski definition) is 1. The van der Waals surface area contributed by atoms with Crippen molar-refractivity contribution in [1.29, 1.82) is 0 Å². The summed E-state index contributed by atoms with van der Waals surface area (Å²) < 4.78 is 17.9. The van der Waals surface area contributed by atoms with Crippen LogP contribution in [-0.4, -0.2) is 42.9 Å². The van der Waals surface area contributed by atoms with Gasteiger partial charge in [-0.05, 0) is 47.5 Å². The molecule has 1 atom stereocenters. The molecule has 6 rings (SSSR count). The van der Waals surface area contributed by atoms with E-state index in [2.05, 4.69) is 69.9 Å². The maximum Gasteiger partial charge on any atom is 0.183 e. The van der Waals surface area contributed by atoms with Gasteiger partial charge in [-0.25, -0.2) is 0 Å². The first kappa shape index (κ1) is 22.0. The Labute approximate surface area is 206 Å². The molecule has 3 aliphatic rings. The Balaban J connectivity index is 1.31. The van der Waals surface area contributed by atoms with Crippen LogP contribution in [0.15, 0.2) is 78.9 Å². The number of piperidine rings is 1. The molecule has 0 radical (unpaired) electrons. The molecule has 0 aliphatic carbocycles. The summed E-state index contributed by atoms with van der Waals surface area (Å²) in [5, 5.41) is 2.33. The van der Waals surface area contributed by atoms with Crippen LogP contribution < -0.4 is 19.6 Å². The molecule has 0 aromatic heterocycles. The van der Waals surface area contributed by atoms with E-state index in [9.17, 15) is 0 Å². The van der Waals surface area contributed by atoms with Crippen LogP contribution in [0.2, 0.25) is 0 Å². The van der Waals surface area contributed by atoms with Crippen molar-refractivity contribution in [3.05, 3.63) is 95.6 Å². The van der Waals surface area contributed by atoms with E-state index in [1.165, 1.54) is 5.56 Å². The van der Waals surface area contributed by atoms with Gasteiger partial charge in [0.05, 0.1) is 26.0 Å². The third-order valence-corrected chi connectivity index (χ3v) is 7.41. The molecule has 3 aromatic carbocycles. The molecule has 180 valence electrons. The normalized spacial score (nSPS) is 20.9. The third kappa shape index (κ3) is 3.93. The van der Waals surface area contributed by atoms with Crippen molar-refractivity contribution in [2.75, 3.05) is 27.3 Å². The topological polar surface area (TPSA) is 46.2 Å². The molecule has 3 aromatic rings. The van der Waals surface area contributed by atoms with Crippen LogP contribution in [0, 0.1) is 0 Å². The standard InChI is InChI=1S/C29H31N3O3/c1-33-23-13-11-22(12-14-23)25-19-26-24-9-6-10-27(34-2)28(24)35-29(32(26)30-25)15-17-31(18-16-29)20-21-7-4-3-5-8-21/h3-14,19,26,30H,15-18,20H2,1-2H3/t26-/m1/s1. The average Bonchev–Trinajstić information content (AvgIpc) is 3.37. The Bertz CT molecular complexity index is 1220. The lowest BCUT2D eigenvalue weighted by Crippen LogP contribution is -2.63. The van der Waals surface area contributed by atoms with Gasteiger partial charge in [0.2, 0.25) is 0 Å². The number of fused-ring (bicyclic) bond motifs is 4. The Hall–Kier alpha value is -3.48. The molecule has 6 heteroatoms. The molecule has 0 saturated carbocycles. The number of rotatable bonds is 5. The SMILES string of the molecule is COc1ccc(C2=C[C@@H]3c4cccc(OC)c4OC4(CCN(Cc5ccccc5)CC4)N3N2)cc1. The molecular formula is C29H31N3O3. The number of nitrogens with one attached hydrogen (secondary N) is 1. The lowest BCUT2D eigenvalue weighted by Gasteiger charge is -2.52. The van der Waals surface area contributed by atoms with Gasteiger partial charge in [0.15, 0.2) is 17.2 Å². The van der Waals surface area contributed by atoms with Crippen molar-refractivity contribution in [2.45, 2.75) is 31.2 Å². The smallest absolute Gasteiger partial charge is 0.183 e. The highest BCUT2D eigenvalue weighted by Crippen LogP contribution is 2.51. The fraction of sp³-hybridized carbons (Fsp3) is 0.310. The summed E-state index contributed by atoms with van der Waals surface area (Å²) in [4.78, 5) is 2.52. The van der Waals surface area contributed by atoms with Crippen molar-refractivity contribution >= 4 is 5.70 Å². The van der Waals surface area contributed by atoms with E-state index in [1.807, 2.05) is 24.3 Å². The highest BCUT2D eigenvalue weighted by molar-refractivity contribution is 5.68. The van der Waals surface area contributed by atoms with E-state index < -0.39 is 5.72 Å². The Morgan fingerprint density at radius 1 is 0.914 bits per heavy atom. The molecule has 1 spiro atoms. The Morgan fingerprint density at radius 2 is 1.69 bits per heavy atom. The molecule has 0 bridgehead atoms. The van der Waals surface area contributed by atoms with E-state index in [1.54, 1.807) is 14.2 Å². The van der Waals surface area contributed by atoms with Crippen LogP contribution in [0.5, 0.6) is 17.2 Å². The number of para-hydroxylation sites is 1. The maximum absolute atomic E-state index is 6.87. The Kier molecular flexibility index (Phi) is 5.63. The second-order valence-corrected chi connectivity index (χ2v) is 9.42. The van der Waals surface area contributed by atoms with Gasteiger partial charge in [-0.3, -0.25) is 4.90 Å². The zero-order valence-electron chi connectivity index (χ0n) is 20.2. The second kappa shape index (κ2) is 8.95. The van der Waals surface area contributed by atoms with E-state index >= 15 is 0 Å². The minimum absolute atomic E-state index is 0.0617. The monoisotopic (exact) mass is 469 g/mol. The average molecular weight is 470 g/mol. The van der Waals surface area contributed by atoms with Crippen molar-refractivity contribution in [3.8, 4) is 17.2 Å². The van der Waals surface area contributed by atoms with E-state index in [0.29, 0.717) is 0 Å². The van der Waals surface area contributed by atoms with Crippen molar-refractivity contribution < 1.29 is 14.2 Å². The number of methoxy groups -OCH3 is 2. The summed E-state index contributed by atoms with van der Waals surface area (Å²) in [6.45, 7) is 2.88. The maximum atomic E-state index is 6.87. The summed E-state index contributed by atoms with van der Waals surface area (Å²) >= 11 is 0. The third-order valence-electron chi connectivity index (χ3n) is 7.41. The molecule has 0 unspecified atom stereocenters. The lowest BCUT2D eigenvalue weighted by molar-refractivity contribution is -0.161. The van der Waals surface area contributed by atoms with Crippen LogP contribution in [0.3, 0.4) is 0 Å². The van der Waals surface area contributed by atoms with Gasteiger partial charge in [0, 0.05) is 38.0 Å². The van der Waals surface area contributed by atoms with Gasteiger partial charge in [0.25, 0.3) is 0 Å². The summed E-state index contributed by atoms with van der Waals surface area (Å²) in [7, 11) is 3.41. The van der Waals surface area contributed by atoms with Gasteiger partial charge in [-0.1, -0.05) is 42.5 Å². The van der Waals surface area contributed by atoms with Crippen LogP contribution >= 0.6 is 0 Å². The number of benzene rings is 3. The highest BCUT2D eigenvalue weighted by Gasteiger charge is 2.52. The molecule has 0 amide bonds. The quantitative estimate of drug-likeness (QED) is 0.568. The number of hydrazine groups is 1. The minimum Gasteiger partial charge on any atom is -0.497 e. The van der Waals surface area contributed by atoms with Crippen molar-refractivity contribution in [2.24, 2.45) is 0 Å². The molecular weight excluding hydrogens is 438 g/mol. The van der Waals surface area contributed by atoms with Gasteiger partial charge in [0.1, 0.15) is 5.75 Å². The highest BCUT2D eigenvalue weighted by atomic mass is 16.5.